The molecule has 0 aromatic heterocycles. The third kappa shape index (κ3) is 37.1. The molecule has 3 unspecified atom stereocenters. The molecule has 3 atom stereocenters. The summed E-state index contributed by atoms with van der Waals surface area (Å²) in [4.78, 5) is 25.9. The Kier molecular flexibility index (Phi) is 40.2. The van der Waals surface area contributed by atoms with Crippen LogP contribution >= 0.6 is 0 Å². The van der Waals surface area contributed by atoms with Gasteiger partial charge in [0.2, 0.25) is 5.91 Å². The van der Waals surface area contributed by atoms with Crippen molar-refractivity contribution in [1.82, 2.24) is 5.32 Å². The zero-order valence-corrected chi connectivity index (χ0v) is 35.4. The minimum Gasteiger partial charge on any atom is -0.462 e. The molecule has 1 amide bonds. The molecular weight excluding hydrogens is 659 g/mol. The largest absolute Gasteiger partial charge is 0.462 e. The van der Waals surface area contributed by atoms with Gasteiger partial charge in [-0.05, 0) is 64.2 Å². The number of nitrogens with one attached hydrogen (secondary N) is 1. The van der Waals surface area contributed by atoms with Gasteiger partial charge in [-0.2, -0.15) is 0 Å². The predicted molar refractivity (Wildman–Crippen MR) is 227 cm³/mol. The fraction of sp³-hybridized carbons (Fsp3) is 0.872. The number of ether oxygens (including phenoxy) is 1. The van der Waals surface area contributed by atoms with Crippen LogP contribution in [0.15, 0.2) is 24.3 Å². The van der Waals surface area contributed by atoms with Crippen LogP contribution in [0.1, 0.15) is 239 Å². The first-order valence-electron chi connectivity index (χ1n) is 23.1. The molecule has 0 heterocycles. The lowest BCUT2D eigenvalue weighted by molar-refractivity contribution is -0.151. The molecule has 0 aliphatic carbocycles. The molecule has 0 radical (unpaired) electrons. The van der Waals surface area contributed by atoms with Crippen molar-refractivity contribution in [2.75, 3.05) is 6.61 Å². The quantitative estimate of drug-likeness (QED) is 0.0329. The van der Waals surface area contributed by atoms with Crippen molar-refractivity contribution in [3.8, 4) is 0 Å². The van der Waals surface area contributed by atoms with Gasteiger partial charge in [-0.15, -0.1) is 0 Å². The Bertz CT molecular complexity index is 843. The van der Waals surface area contributed by atoms with Gasteiger partial charge in [0.05, 0.1) is 25.2 Å². The molecule has 0 aliphatic heterocycles. The number of hydrogen-bond donors (Lipinski definition) is 3. The van der Waals surface area contributed by atoms with E-state index in [0.29, 0.717) is 19.3 Å². The second-order valence-electron chi connectivity index (χ2n) is 15.8. The van der Waals surface area contributed by atoms with Crippen molar-refractivity contribution in [2.24, 2.45) is 0 Å². The topological polar surface area (TPSA) is 95.9 Å². The van der Waals surface area contributed by atoms with E-state index in [1.54, 1.807) is 0 Å². The lowest BCUT2D eigenvalue weighted by atomic mass is 10.0. The van der Waals surface area contributed by atoms with Crippen LogP contribution < -0.4 is 5.32 Å². The monoisotopic (exact) mass is 748 g/mol. The minimum absolute atomic E-state index is 0.0564. The summed E-state index contributed by atoms with van der Waals surface area (Å²) in [5.74, 6) is -0.510. The molecule has 0 spiro atoms. The highest BCUT2D eigenvalue weighted by atomic mass is 16.5. The minimum atomic E-state index is -0.790. The molecule has 0 saturated heterocycles. The van der Waals surface area contributed by atoms with Crippen molar-refractivity contribution in [3.05, 3.63) is 24.3 Å². The maximum absolute atomic E-state index is 13.1. The molecular formula is C47H89NO5. The Hall–Kier alpha value is -1.66. The van der Waals surface area contributed by atoms with Crippen LogP contribution in [0.25, 0.3) is 0 Å². The van der Waals surface area contributed by atoms with Crippen molar-refractivity contribution >= 4 is 11.9 Å². The maximum atomic E-state index is 13.1. The number of carbonyl (C=O) groups excluding carboxylic acids is 2. The molecule has 0 saturated carbocycles. The highest BCUT2D eigenvalue weighted by molar-refractivity contribution is 5.77. The van der Waals surface area contributed by atoms with E-state index in [1.807, 2.05) is 0 Å². The molecule has 0 aromatic rings. The number of carbonyl (C=O) groups is 2. The predicted octanol–water partition coefficient (Wildman–Crippen LogP) is 13.2. The number of esters is 1. The van der Waals surface area contributed by atoms with Crippen LogP contribution in [0, 0.1) is 0 Å². The Balaban J connectivity index is 4.60. The summed E-state index contributed by atoms with van der Waals surface area (Å²) in [5.41, 5.74) is 0. The summed E-state index contributed by atoms with van der Waals surface area (Å²) >= 11 is 0. The van der Waals surface area contributed by atoms with E-state index in [0.717, 1.165) is 64.2 Å². The highest BCUT2D eigenvalue weighted by Crippen LogP contribution is 2.17. The van der Waals surface area contributed by atoms with E-state index < -0.39 is 18.2 Å². The van der Waals surface area contributed by atoms with Crippen LogP contribution in [-0.2, 0) is 14.3 Å². The van der Waals surface area contributed by atoms with E-state index in [-0.39, 0.29) is 24.9 Å². The summed E-state index contributed by atoms with van der Waals surface area (Å²) in [6, 6.07) is -0.705. The normalized spacial score (nSPS) is 13.5. The van der Waals surface area contributed by atoms with Crippen LogP contribution in [0.3, 0.4) is 0 Å². The third-order valence-corrected chi connectivity index (χ3v) is 10.5. The van der Waals surface area contributed by atoms with Crippen molar-refractivity contribution < 1.29 is 24.5 Å². The Morgan fingerprint density at radius 3 is 1.43 bits per heavy atom. The third-order valence-electron chi connectivity index (χ3n) is 10.5. The molecule has 0 bridgehead atoms. The average Bonchev–Trinajstić information content (AvgIpc) is 3.15. The molecule has 53 heavy (non-hydrogen) atoms. The second kappa shape index (κ2) is 41.5. The molecule has 6 heteroatoms. The van der Waals surface area contributed by atoms with Gasteiger partial charge in [0.1, 0.15) is 6.10 Å². The summed E-state index contributed by atoms with van der Waals surface area (Å²) < 4.78 is 5.87. The van der Waals surface area contributed by atoms with Gasteiger partial charge in [-0.25, -0.2) is 0 Å². The molecule has 6 nitrogen and oxygen atoms in total. The van der Waals surface area contributed by atoms with Crippen LogP contribution in [-0.4, -0.2) is 46.9 Å². The number of aliphatic hydroxyl groups excluding tert-OH is 2. The Morgan fingerprint density at radius 2 is 0.943 bits per heavy atom. The van der Waals surface area contributed by atoms with Crippen LogP contribution in [0.4, 0.5) is 0 Å². The molecule has 0 aliphatic rings. The molecule has 3 N–H and O–H groups in total. The number of aliphatic hydroxyl groups is 2. The van der Waals surface area contributed by atoms with Gasteiger partial charge in [0.15, 0.2) is 0 Å². The summed E-state index contributed by atoms with van der Waals surface area (Å²) in [6.45, 7) is 6.41. The summed E-state index contributed by atoms with van der Waals surface area (Å²) in [5, 5.41) is 23.6. The standard InChI is InChI=1S/C47H89NO5/c1-4-7-10-13-16-19-22-25-27-30-33-36-39-45(50)44(42-49)48-46(51)41-43(38-35-32-29-26-23-20-17-14-11-8-5-2)53-47(52)40-37-34-31-28-24-21-18-15-12-9-6-3/h15,18,26,29,43-45,49-50H,4-14,16-17,19-25,27-28,30-42H2,1-3H3,(H,48,51)/b18-15-,29-26-. The number of rotatable bonds is 41. The smallest absolute Gasteiger partial charge is 0.306 e. The first-order valence-corrected chi connectivity index (χ1v) is 23.1. The second-order valence-corrected chi connectivity index (χ2v) is 15.8. The van der Waals surface area contributed by atoms with Crippen LogP contribution in [0.5, 0.6) is 0 Å². The fourth-order valence-electron chi connectivity index (χ4n) is 6.94. The summed E-state index contributed by atoms with van der Waals surface area (Å²) in [7, 11) is 0. The average molecular weight is 748 g/mol. The molecule has 0 fully saturated rings. The summed E-state index contributed by atoms with van der Waals surface area (Å²) in [6.07, 6.45) is 45.2. The Morgan fingerprint density at radius 1 is 0.528 bits per heavy atom. The van der Waals surface area contributed by atoms with Crippen LogP contribution in [0.2, 0.25) is 0 Å². The maximum Gasteiger partial charge on any atom is 0.306 e. The van der Waals surface area contributed by atoms with Gasteiger partial charge in [0, 0.05) is 6.42 Å². The fourth-order valence-corrected chi connectivity index (χ4v) is 6.94. The van der Waals surface area contributed by atoms with Crippen molar-refractivity contribution in [3.63, 3.8) is 0 Å². The van der Waals surface area contributed by atoms with Gasteiger partial charge >= 0.3 is 5.97 Å². The van der Waals surface area contributed by atoms with Gasteiger partial charge in [0.25, 0.3) is 0 Å². The van der Waals surface area contributed by atoms with Crippen molar-refractivity contribution in [1.29, 1.82) is 0 Å². The van der Waals surface area contributed by atoms with E-state index in [2.05, 4.69) is 50.4 Å². The first-order chi connectivity index (χ1) is 26.0. The van der Waals surface area contributed by atoms with E-state index in [1.165, 1.54) is 128 Å². The molecule has 312 valence electrons. The number of amides is 1. The molecule has 0 aromatic carbocycles. The van der Waals surface area contributed by atoms with E-state index in [4.69, 9.17) is 4.74 Å². The van der Waals surface area contributed by atoms with Gasteiger partial charge in [-0.3, -0.25) is 9.59 Å². The Labute approximate surface area is 329 Å². The van der Waals surface area contributed by atoms with E-state index in [9.17, 15) is 19.8 Å². The number of unbranched alkanes of at least 4 members (excludes halogenated alkanes) is 25. The van der Waals surface area contributed by atoms with Gasteiger partial charge in [-0.1, -0.05) is 186 Å². The zero-order valence-electron chi connectivity index (χ0n) is 35.4. The lowest BCUT2D eigenvalue weighted by Crippen LogP contribution is -2.46. The number of hydrogen-bond acceptors (Lipinski definition) is 5. The lowest BCUT2D eigenvalue weighted by Gasteiger charge is -2.24. The number of allylic oxidation sites excluding steroid dienone is 4. The van der Waals surface area contributed by atoms with E-state index >= 15 is 0 Å². The van der Waals surface area contributed by atoms with Crippen molar-refractivity contribution in [2.45, 2.75) is 257 Å². The first kappa shape index (κ1) is 51.3. The molecule has 0 rings (SSSR count). The zero-order chi connectivity index (χ0) is 38.9. The van der Waals surface area contributed by atoms with Gasteiger partial charge < -0.3 is 20.3 Å². The highest BCUT2D eigenvalue weighted by Gasteiger charge is 2.24. The SMILES string of the molecule is CCCC/C=C\CCCCCCCC(=O)OC(CCC/C=C\CCCCCCCC)CC(=O)NC(CO)C(O)CCCCCCCCCCCCCC.